The molecule has 0 aliphatic heterocycles. The highest BCUT2D eigenvalue weighted by atomic mass is 32.1. The molecule has 0 saturated heterocycles. The number of carbonyl (C=O) groups is 2. The van der Waals surface area contributed by atoms with Crippen molar-refractivity contribution < 1.29 is 9.59 Å². The van der Waals surface area contributed by atoms with E-state index in [-0.39, 0.29) is 6.03 Å². The van der Waals surface area contributed by atoms with E-state index < -0.39 is 6.03 Å². The van der Waals surface area contributed by atoms with Crippen molar-refractivity contribution in [2.75, 3.05) is 10.6 Å². The van der Waals surface area contributed by atoms with Crippen LogP contribution >= 0.6 is 11.5 Å². The molecule has 0 aliphatic rings. The number of urea groups is 2. The van der Waals surface area contributed by atoms with Crippen LogP contribution in [0.1, 0.15) is 5.56 Å². The van der Waals surface area contributed by atoms with Gasteiger partial charge in [-0.15, -0.1) is 5.10 Å². The molecule has 0 saturated carbocycles. The standard InChI is InChI=1S/C9H9N5OS.CH4N2O/c1-6-2-3-10-7(4-6)12-9(15)13-8-5-11-14-16-8;2-1(3)4/h2-5H,1H3,(H2,10,12,13,15);(H4,2,3,4). The Labute approximate surface area is 118 Å². The summed E-state index contributed by atoms with van der Waals surface area (Å²) in [4.78, 5) is 24.5. The quantitative estimate of drug-likeness (QED) is 0.649. The van der Waals surface area contributed by atoms with Gasteiger partial charge in [-0.25, -0.2) is 14.6 Å². The number of nitrogens with two attached hydrogens (primary N) is 2. The van der Waals surface area contributed by atoms with E-state index in [0.29, 0.717) is 10.8 Å². The maximum absolute atomic E-state index is 11.5. The molecule has 2 rings (SSSR count). The molecule has 0 spiro atoms. The summed E-state index contributed by atoms with van der Waals surface area (Å²) in [5.41, 5.74) is 9.53. The van der Waals surface area contributed by atoms with E-state index in [2.05, 4.69) is 36.7 Å². The van der Waals surface area contributed by atoms with Gasteiger partial charge < -0.3 is 11.5 Å². The molecular weight excluding hydrogens is 282 g/mol. The second-order valence-corrected chi connectivity index (χ2v) is 4.27. The molecule has 9 nitrogen and oxygen atoms in total. The molecule has 0 radical (unpaired) electrons. The van der Waals surface area contributed by atoms with E-state index in [1.165, 1.54) is 6.20 Å². The minimum Gasteiger partial charge on any atom is -0.352 e. The molecule has 10 heteroatoms. The predicted octanol–water partition coefficient (Wildman–Crippen LogP) is 0.909. The van der Waals surface area contributed by atoms with Crippen LogP contribution in [0.3, 0.4) is 0 Å². The van der Waals surface area contributed by atoms with Gasteiger partial charge in [-0.2, -0.15) is 0 Å². The summed E-state index contributed by atoms with van der Waals surface area (Å²) in [6.07, 6.45) is 3.12. The van der Waals surface area contributed by atoms with Crippen LogP contribution in [0.25, 0.3) is 0 Å². The first kappa shape index (κ1) is 15.3. The Kier molecular flexibility index (Phi) is 5.84. The summed E-state index contributed by atoms with van der Waals surface area (Å²) in [5, 5.41) is 9.40. The van der Waals surface area contributed by atoms with Gasteiger partial charge in [0.2, 0.25) is 0 Å². The van der Waals surface area contributed by atoms with Crippen LogP contribution in [0, 0.1) is 6.92 Å². The maximum atomic E-state index is 11.5. The Bertz CT molecular complexity index is 569. The Hall–Kier alpha value is -2.75. The molecule has 106 valence electrons. The number of pyridine rings is 1. The lowest BCUT2D eigenvalue weighted by atomic mass is 10.3. The average Bonchev–Trinajstić information content (AvgIpc) is 2.80. The van der Waals surface area contributed by atoms with Gasteiger partial charge in [0.15, 0.2) is 0 Å². The topological polar surface area (TPSA) is 149 Å². The largest absolute Gasteiger partial charge is 0.352 e. The summed E-state index contributed by atoms with van der Waals surface area (Å²) in [6.45, 7) is 1.93. The smallest absolute Gasteiger partial charge is 0.325 e. The summed E-state index contributed by atoms with van der Waals surface area (Å²) in [6, 6.07) is 2.45. The molecule has 2 heterocycles. The Morgan fingerprint density at radius 1 is 1.30 bits per heavy atom. The van der Waals surface area contributed by atoms with E-state index in [9.17, 15) is 4.79 Å². The van der Waals surface area contributed by atoms with Crippen molar-refractivity contribution in [1.29, 1.82) is 0 Å². The Morgan fingerprint density at radius 2 is 2.00 bits per heavy atom. The number of primary amides is 2. The summed E-state index contributed by atoms with van der Waals surface area (Å²) in [5.74, 6) is 0.509. The number of aromatic nitrogens is 3. The van der Waals surface area contributed by atoms with Crippen molar-refractivity contribution in [3.05, 3.63) is 30.1 Å². The highest BCUT2D eigenvalue weighted by Crippen LogP contribution is 2.10. The molecule has 20 heavy (non-hydrogen) atoms. The van der Waals surface area contributed by atoms with E-state index in [1.807, 2.05) is 13.0 Å². The van der Waals surface area contributed by atoms with Crippen molar-refractivity contribution in [2.45, 2.75) is 6.92 Å². The average molecular weight is 295 g/mol. The van der Waals surface area contributed by atoms with Crippen LogP contribution in [0.4, 0.5) is 20.4 Å². The number of nitrogens with zero attached hydrogens (tertiary/aromatic N) is 3. The van der Waals surface area contributed by atoms with Gasteiger partial charge in [-0.1, -0.05) is 4.49 Å². The lowest BCUT2D eigenvalue weighted by molar-refractivity contribution is 0.256. The molecule has 4 amide bonds. The monoisotopic (exact) mass is 295 g/mol. The van der Waals surface area contributed by atoms with Gasteiger partial charge >= 0.3 is 12.1 Å². The number of carbonyl (C=O) groups excluding carboxylic acids is 2. The van der Waals surface area contributed by atoms with E-state index in [4.69, 9.17) is 4.79 Å². The number of hydrogen-bond donors (Lipinski definition) is 4. The van der Waals surface area contributed by atoms with Gasteiger partial charge in [-0.3, -0.25) is 10.6 Å². The molecule has 2 aromatic heterocycles. The first-order valence-electron chi connectivity index (χ1n) is 5.30. The summed E-state index contributed by atoms with van der Waals surface area (Å²) >= 11 is 1.11. The second kappa shape index (κ2) is 7.63. The molecule has 0 bridgehead atoms. The normalized spacial score (nSPS) is 9.05. The predicted molar refractivity (Wildman–Crippen MR) is 75.3 cm³/mol. The van der Waals surface area contributed by atoms with Gasteiger partial charge in [0.05, 0.1) is 6.20 Å². The van der Waals surface area contributed by atoms with Crippen LogP contribution < -0.4 is 22.1 Å². The zero-order valence-electron chi connectivity index (χ0n) is 10.5. The first-order valence-corrected chi connectivity index (χ1v) is 6.07. The first-order chi connectivity index (χ1) is 9.47. The highest BCUT2D eigenvalue weighted by Gasteiger charge is 2.04. The lowest BCUT2D eigenvalue weighted by Crippen LogP contribution is -2.19. The summed E-state index contributed by atoms with van der Waals surface area (Å²) in [7, 11) is 0. The van der Waals surface area contributed by atoms with Gasteiger partial charge in [-0.05, 0) is 24.6 Å². The zero-order chi connectivity index (χ0) is 15.0. The van der Waals surface area contributed by atoms with Crippen LogP contribution in [0.15, 0.2) is 24.5 Å². The third-order valence-corrected chi connectivity index (χ3v) is 2.34. The van der Waals surface area contributed by atoms with E-state index >= 15 is 0 Å². The van der Waals surface area contributed by atoms with Gasteiger partial charge in [0.1, 0.15) is 10.8 Å². The maximum Gasteiger partial charge on any atom is 0.325 e. The Balaban J connectivity index is 0.000000444. The number of nitrogens with one attached hydrogen (secondary N) is 2. The number of rotatable bonds is 2. The lowest BCUT2D eigenvalue weighted by Gasteiger charge is -2.04. The number of amides is 4. The fourth-order valence-electron chi connectivity index (χ4n) is 1.09. The van der Waals surface area contributed by atoms with Crippen molar-refractivity contribution in [3.8, 4) is 0 Å². The van der Waals surface area contributed by atoms with E-state index in [0.717, 1.165) is 17.1 Å². The minimum atomic E-state index is -0.833. The molecule has 6 N–H and O–H groups in total. The molecule has 2 aromatic rings. The van der Waals surface area contributed by atoms with E-state index in [1.54, 1.807) is 12.3 Å². The SMILES string of the molecule is Cc1ccnc(NC(=O)Nc2cnns2)c1.NC(N)=O. The van der Waals surface area contributed by atoms with Crippen LogP contribution in [0.2, 0.25) is 0 Å². The van der Waals surface area contributed by atoms with Crippen molar-refractivity contribution in [1.82, 2.24) is 14.6 Å². The van der Waals surface area contributed by atoms with Crippen LogP contribution in [-0.2, 0) is 0 Å². The zero-order valence-corrected chi connectivity index (χ0v) is 11.3. The molecule has 0 aromatic carbocycles. The summed E-state index contributed by atoms with van der Waals surface area (Å²) < 4.78 is 3.63. The van der Waals surface area contributed by atoms with Gasteiger partial charge in [0.25, 0.3) is 0 Å². The number of aryl methyl sites for hydroxylation is 1. The molecule has 0 fully saturated rings. The second-order valence-electron chi connectivity index (χ2n) is 3.48. The Morgan fingerprint density at radius 3 is 2.55 bits per heavy atom. The number of anilines is 2. The molecule has 0 unspecified atom stereocenters. The fraction of sp³-hybridized carbons (Fsp3) is 0.100. The fourth-order valence-corrected chi connectivity index (χ4v) is 1.50. The van der Waals surface area contributed by atoms with Crippen molar-refractivity contribution in [2.24, 2.45) is 11.5 Å². The van der Waals surface area contributed by atoms with Crippen molar-refractivity contribution in [3.63, 3.8) is 0 Å². The van der Waals surface area contributed by atoms with Gasteiger partial charge in [0, 0.05) is 17.7 Å². The third-order valence-electron chi connectivity index (χ3n) is 1.76. The number of hydrogen-bond acceptors (Lipinski definition) is 6. The molecular formula is C10H13N7O2S. The minimum absolute atomic E-state index is 0.357. The highest BCUT2D eigenvalue weighted by molar-refractivity contribution is 7.10. The molecule has 0 atom stereocenters. The van der Waals surface area contributed by atoms with Crippen molar-refractivity contribution >= 4 is 34.4 Å². The molecule has 0 aliphatic carbocycles. The van der Waals surface area contributed by atoms with Crippen LogP contribution in [-0.4, -0.2) is 26.6 Å². The third kappa shape index (κ3) is 6.26. The van der Waals surface area contributed by atoms with Crippen LogP contribution in [0.5, 0.6) is 0 Å².